The van der Waals surface area contributed by atoms with Gasteiger partial charge >= 0.3 is 5.97 Å². The Morgan fingerprint density at radius 1 is 1.36 bits per heavy atom. The highest BCUT2D eigenvalue weighted by molar-refractivity contribution is 7.80. The number of hydrogen-bond acceptors (Lipinski definition) is 4. The van der Waals surface area contributed by atoms with Gasteiger partial charge < -0.3 is 9.84 Å². The van der Waals surface area contributed by atoms with E-state index in [2.05, 4.69) is 4.74 Å². The molecule has 1 saturated heterocycles. The largest absolute Gasteiger partial charge is 0.415 e. The van der Waals surface area contributed by atoms with Crippen LogP contribution in [0.1, 0.15) is 12.0 Å². The zero-order valence-electron chi connectivity index (χ0n) is 7.27. The third-order valence-electron chi connectivity index (χ3n) is 2.20. The van der Waals surface area contributed by atoms with E-state index in [1.165, 1.54) is 0 Å². The molecule has 1 aliphatic heterocycles. The van der Waals surface area contributed by atoms with E-state index in [1.807, 2.05) is 6.07 Å². The maximum absolute atomic E-state index is 11.0. The van der Waals surface area contributed by atoms with Crippen LogP contribution >= 0.6 is 12.2 Å². The van der Waals surface area contributed by atoms with Crippen LogP contribution in [0.15, 0.2) is 30.3 Å². The van der Waals surface area contributed by atoms with Crippen LogP contribution < -0.4 is 0 Å². The minimum absolute atomic E-state index is 0.0614. The van der Waals surface area contributed by atoms with Gasteiger partial charge in [-0.15, -0.1) is 0 Å². The first-order valence-corrected chi connectivity index (χ1v) is 4.57. The first kappa shape index (κ1) is 9.30. The lowest BCUT2D eigenvalue weighted by molar-refractivity contribution is -0.133. The Hall–Kier alpha value is -1.26. The van der Waals surface area contributed by atoms with Crippen LogP contribution in [0, 0.1) is 0 Å². The van der Waals surface area contributed by atoms with E-state index in [9.17, 15) is 9.90 Å². The molecule has 0 amide bonds. The predicted molar refractivity (Wildman–Crippen MR) is 53.6 cm³/mol. The van der Waals surface area contributed by atoms with Crippen molar-refractivity contribution in [3.8, 4) is 0 Å². The Kier molecular flexibility index (Phi) is 2.09. The van der Waals surface area contributed by atoms with Crippen LogP contribution in [0.5, 0.6) is 0 Å². The van der Waals surface area contributed by atoms with Crippen LogP contribution in [-0.2, 0) is 15.1 Å². The Balaban J connectivity index is 2.43. The van der Waals surface area contributed by atoms with E-state index in [0.29, 0.717) is 5.56 Å². The average molecular weight is 208 g/mol. The van der Waals surface area contributed by atoms with E-state index >= 15 is 0 Å². The van der Waals surface area contributed by atoms with Gasteiger partial charge in [0.05, 0.1) is 6.42 Å². The Morgan fingerprint density at radius 3 is 2.50 bits per heavy atom. The predicted octanol–water partition coefficient (Wildman–Crippen LogP) is 1.15. The zero-order valence-corrected chi connectivity index (χ0v) is 8.08. The quantitative estimate of drug-likeness (QED) is 0.555. The van der Waals surface area contributed by atoms with Crippen molar-refractivity contribution < 1.29 is 14.6 Å². The molecule has 3 nitrogen and oxygen atoms in total. The summed E-state index contributed by atoms with van der Waals surface area (Å²) in [4.78, 5) is 11.0. The molecule has 0 spiro atoms. The summed E-state index contributed by atoms with van der Waals surface area (Å²) in [5.74, 6) is -0.485. The lowest BCUT2D eigenvalue weighted by Gasteiger charge is -2.18. The number of esters is 1. The topological polar surface area (TPSA) is 46.5 Å². The number of hydrogen-bond donors (Lipinski definition) is 1. The minimum Gasteiger partial charge on any atom is -0.415 e. The summed E-state index contributed by atoms with van der Waals surface area (Å²) in [5, 5.41) is 10.1. The van der Waals surface area contributed by atoms with Crippen LogP contribution in [0.3, 0.4) is 0 Å². The number of cyclic esters (lactones) is 1. The van der Waals surface area contributed by atoms with Gasteiger partial charge in [0.15, 0.2) is 5.60 Å². The molecular weight excluding hydrogens is 200 g/mol. The molecular formula is C10H8O3S. The van der Waals surface area contributed by atoms with Crippen molar-refractivity contribution in [1.29, 1.82) is 0 Å². The average Bonchev–Trinajstić information content (AvgIpc) is 2.43. The summed E-state index contributed by atoms with van der Waals surface area (Å²) < 4.78 is 4.67. The Labute approximate surface area is 86.3 Å². The molecule has 1 aromatic carbocycles. The lowest BCUT2D eigenvalue weighted by Crippen LogP contribution is -2.29. The number of carbonyl (C=O) groups is 1. The summed E-state index contributed by atoms with van der Waals surface area (Å²) in [7, 11) is 0. The molecule has 1 aliphatic rings. The molecule has 0 radical (unpaired) electrons. The van der Waals surface area contributed by atoms with E-state index in [0.717, 1.165) is 0 Å². The fourth-order valence-corrected chi connectivity index (χ4v) is 1.72. The fraction of sp³-hybridized carbons (Fsp3) is 0.200. The fourth-order valence-electron chi connectivity index (χ4n) is 1.44. The first-order chi connectivity index (χ1) is 6.63. The highest BCUT2D eigenvalue weighted by Crippen LogP contribution is 2.32. The van der Waals surface area contributed by atoms with E-state index < -0.39 is 11.6 Å². The second-order valence-electron chi connectivity index (χ2n) is 3.16. The summed E-state index contributed by atoms with van der Waals surface area (Å²) in [6, 6.07) is 8.81. The van der Waals surface area contributed by atoms with E-state index in [4.69, 9.17) is 12.2 Å². The van der Waals surface area contributed by atoms with Crippen molar-refractivity contribution in [2.45, 2.75) is 12.0 Å². The Bertz CT molecular complexity index is 388. The van der Waals surface area contributed by atoms with Crippen LogP contribution in [-0.4, -0.2) is 16.1 Å². The standard InChI is InChI=1S/C10H8O3S/c11-8-6-10(12,9(14)13-8)7-4-2-1-3-5-7/h1-5,12H,6H2. The molecule has 0 aromatic heterocycles. The highest BCUT2D eigenvalue weighted by Gasteiger charge is 2.45. The van der Waals surface area contributed by atoms with Crippen LogP contribution in [0.4, 0.5) is 0 Å². The van der Waals surface area contributed by atoms with Gasteiger partial charge in [0.1, 0.15) is 0 Å². The van der Waals surface area contributed by atoms with Gasteiger partial charge in [0.25, 0.3) is 0 Å². The summed E-state index contributed by atoms with van der Waals surface area (Å²) in [6.07, 6.45) is -0.101. The molecule has 1 unspecified atom stereocenters. The maximum atomic E-state index is 11.0. The second kappa shape index (κ2) is 3.15. The molecule has 14 heavy (non-hydrogen) atoms. The molecule has 1 N–H and O–H groups in total. The molecule has 1 heterocycles. The number of ether oxygens (including phenoxy) is 1. The van der Waals surface area contributed by atoms with E-state index in [-0.39, 0.29) is 11.5 Å². The van der Waals surface area contributed by atoms with Gasteiger partial charge in [-0.05, 0) is 17.8 Å². The van der Waals surface area contributed by atoms with Gasteiger partial charge in [0, 0.05) is 0 Å². The van der Waals surface area contributed by atoms with Gasteiger partial charge in [0.2, 0.25) is 5.05 Å². The number of rotatable bonds is 1. The molecule has 1 aromatic rings. The second-order valence-corrected chi connectivity index (χ2v) is 3.54. The Morgan fingerprint density at radius 2 is 2.00 bits per heavy atom. The third kappa shape index (κ3) is 1.32. The van der Waals surface area contributed by atoms with Crippen molar-refractivity contribution in [3.05, 3.63) is 35.9 Å². The van der Waals surface area contributed by atoms with Gasteiger partial charge in [-0.3, -0.25) is 4.79 Å². The third-order valence-corrected chi connectivity index (χ3v) is 2.62. The van der Waals surface area contributed by atoms with Crippen LogP contribution in [0.2, 0.25) is 0 Å². The smallest absolute Gasteiger partial charge is 0.315 e. The molecule has 0 bridgehead atoms. The van der Waals surface area contributed by atoms with Crippen LogP contribution in [0.25, 0.3) is 0 Å². The molecule has 2 rings (SSSR count). The molecule has 72 valence electrons. The first-order valence-electron chi connectivity index (χ1n) is 4.16. The molecule has 1 fully saturated rings. The normalized spacial score (nSPS) is 26.4. The van der Waals surface area contributed by atoms with Gasteiger partial charge in [-0.25, -0.2) is 0 Å². The molecule has 4 heteroatoms. The maximum Gasteiger partial charge on any atom is 0.315 e. The summed E-state index contributed by atoms with van der Waals surface area (Å²) >= 11 is 4.82. The number of benzene rings is 1. The highest BCUT2D eigenvalue weighted by atomic mass is 32.1. The van der Waals surface area contributed by atoms with Crippen molar-refractivity contribution in [3.63, 3.8) is 0 Å². The van der Waals surface area contributed by atoms with Crippen molar-refractivity contribution >= 4 is 23.2 Å². The van der Waals surface area contributed by atoms with Gasteiger partial charge in [-0.1, -0.05) is 30.3 Å². The molecule has 0 saturated carbocycles. The number of thiocarbonyl (C=S) groups is 1. The zero-order chi connectivity index (χ0) is 10.2. The lowest BCUT2D eigenvalue weighted by atomic mass is 9.93. The SMILES string of the molecule is O=C1CC(O)(c2ccccc2)C(=S)O1. The number of carbonyl (C=O) groups excluding carboxylic acids is 1. The monoisotopic (exact) mass is 208 g/mol. The summed E-state index contributed by atoms with van der Waals surface area (Å²) in [6.45, 7) is 0. The van der Waals surface area contributed by atoms with Gasteiger partial charge in [-0.2, -0.15) is 0 Å². The number of aliphatic hydroxyl groups is 1. The molecule has 1 atom stereocenters. The summed E-state index contributed by atoms with van der Waals surface area (Å²) in [5.41, 5.74) is -0.830. The van der Waals surface area contributed by atoms with Crippen molar-refractivity contribution in [2.75, 3.05) is 0 Å². The van der Waals surface area contributed by atoms with E-state index in [1.54, 1.807) is 24.3 Å². The molecule has 0 aliphatic carbocycles. The van der Waals surface area contributed by atoms with Crippen molar-refractivity contribution in [1.82, 2.24) is 0 Å². The minimum atomic E-state index is -1.42. The van der Waals surface area contributed by atoms with Crippen molar-refractivity contribution in [2.24, 2.45) is 0 Å².